The number of aromatic nitrogens is 20. The van der Waals surface area contributed by atoms with Gasteiger partial charge in [0.15, 0.2) is 76.7 Å². The van der Waals surface area contributed by atoms with Crippen LogP contribution in [0.1, 0.15) is 74.7 Å². The molecule has 0 spiro atoms. The number of hydrogen-bond acceptors (Lipinski definition) is 57. The van der Waals surface area contributed by atoms with Crippen molar-refractivity contribution < 1.29 is 145 Å². The topological polar surface area (TPSA) is 828 Å². The van der Waals surface area contributed by atoms with Crippen LogP contribution in [0.15, 0.2) is 68.0 Å². The summed E-state index contributed by atoms with van der Waals surface area (Å²) in [6.45, 7) is -21.8. The number of phosphoric acid groups is 1. The van der Waals surface area contributed by atoms with Gasteiger partial charge in [-0.05, 0) is 20.3 Å². The molecule has 0 amide bonds. The summed E-state index contributed by atoms with van der Waals surface area (Å²) >= 11 is 22.4. The number of anilines is 6. The van der Waals surface area contributed by atoms with Gasteiger partial charge in [0.1, 0.15) is 135 Å². The SMILES string of the molecule is CC[C@H]1O[C@@H](n2cc(C)c(N)nc2=O)CC1OP([O-])(=S)OC[C@H]1O[C@@H](n2cc(C)c(N)nc2=O)CC1OP(=O)([S-])OC[C@H]1O[C@@H](n2cnc3c(N)ncnc32)[C@@H](OCCOC)C1OP(=O)([O-])OC[C@H]1O[C@@H](n2cnc3c(=O)[nH]c(N)nc32)[C@@H](OCCOC)C1OP([O-])(=S)OC[C@H]1O[C@@H](n2cnc3c(=O)[nH]c(N)nc32)[C@@H](OCCOC)C1OP([O-])(=S)OC[C@H]1O[C@@H](n2cnc3c(=O)[nH]c(N)nc32)[C@@H](OCCOC)C1O. The minimum absolute atomic E-state index is 0.000102. The van der Waals surface area contributed by atoms with Gasteiger partial charge in [-0.2, -0.15) is 24.9 Å². The van der Waals surface area contributed by atoms with Gasteiger partial charge in [-0.1, -0.05) is 42.3 Å². The summed E-state index contributed by atoms with van der Waals surface area (Å²) in [6, 6.07) is 0. The van der Waals surface area contributed by atoms with Gasteiger partial charge in [-0.25, -0.2) is 39.5 Å². The maximum absolute atomic E-state index is 15.7. The molecule has 6 aliphatic rings. The number of aliphatic hydroxyl groups is 1. The van der Waals surface area contributed by atoms with Crippen molar-refractivity contribution in [2.75, 3.05) is 149 Å². The molecular weight excluding hydrogens is 2100 g/mol. The summed E-state index contributed by atoms with van der Waals surface area (Å²) in [5.74, 6) is -1.35. The fourth-order valence-electron chi connectivity index (χ4n) is 16.7. The van der Waals surface area contributed by atoms with E-state index in [-0.39, 0.29) is 134 Å². The Balaban J connectivity index is 0.683. The quantitative estimate of drug-likeness (QED) is 0.00982. The molecule has 16 N–H and O–H groups in total. The van der Waals surface area contributed by atoms with Crippen LogP contribution < -0.4 is 82.0 Å². The van der Waals surface area contributed by atoms with Crippen molar-refractivity contribution in [1.29, 1.82) is 0 Å². The highest BCUT2D eigenvalue weighted by atomic mass is 32.7. The van der Waals surface area contributed by atoms with Crippen LogP contribution in [0.2, 0.25) is 0 Å². The van der Waals surface area contributed by atoms with Crippen LogP contribution in [0, 0.1) is 13.8 Å². The van der Waals surface area contributed by atoms with E-state index in [2.05, 4.69) is 69.8 Å². The van der Waals surface area contributed by atoms with E-state index in [0.29, 0.717) is 11.1 Å². The summed E-state index contributed by atoms with van der Waals surface area (Å²) in [6.07, 6.45) is -26.1. The van der Waals surface area contributed by atoms with Gasteiger partial charge >= 0.3 is 11.4 Å². The third-order valence-corrected chi connectivity index (χ3v) is 30.6. The molecule has 790 valence electrons. The molecule has 0 radical (unpaired) electrons. The van der Waals surface area contributed by atoms with Gasteiger partial charge in [0.2, 0.25) is 17.8 Å². The highest BCUT2D eigenvalue weighted by Crippen LogP contribution is 2.56. The largest absolute Gasteiger partial charge is 0.780 e. The lowest BCUT2D eigenvalue weighted by Crippen LogP contribution is -2.41. The zero-order valence-corrected chi connectivity index (χ0v) is 84.5. The van der Waals surface area contributed by atoms with Crippen LogP contribution in [0.25, 0.3) is 44.7 Å². The molecule has 10 aromatic rings. The normalized spacial score (nSPS) is 28.9. The standard InChI is InChI=1S/C73H103N26O36P5S4/c1-8-33-34(17-41(125-33)94-19-31(2)55(74)86-72(94)104)131-137(108,141)121-21-36-35(18-42(126-36)95-20-32(3)56(75)87-73(95)105)132-138(109,142)123-24-39-48(52(117-14-10-113-5)66(129-39)96-27-82-43-57(76)80-26-81-58(43)96)133-136(106,107)120-23-38-49(53(118-15-11-114-6)67(128-38)98-29-84-45-60(98)89-70(78)92-63(45)102)134-140(111,144)124-25-40-50(54(119-16-12-115-7)68(130-40)99-30-85-46-61(99)90-71(79)93-64(46)103)135-139(110,143)122-22-37-47(100)51(116-13-9-112-4)65(127-37)97-28-83-44-59(97)88-69(77)91-62(44)101/h19-20,26-30,33-42,47-54,65-68,100H,8-18,21-25H2,1-7H3,(H,106,107)(H,108,141)(H,109,142)(H,110,143)(H,111,144)(H2,74,86,104)(H2,75,87,105)(H2,76,80,81)(H3,77,88,91,101)(H3,78,89,92,102)(H3,79,90,93,103)/p-5/t33-,34?,35?,36-,37-,38-,39-,40-,41-,42-,47?,48?,49?,50?,51+,52+,53+,54+,65-,66-,67-,68-,137?,138?,139?,140?/m1/s1. The Kier molecular flexibility index (Phi) is 34.4. The maximum Gasteiger partial charge on any atom is 0.351 e. The van der Waals surface area contributed by atoms with Crippen molar-refractivity contribution in [2.24, 2.45) is 0 Å². The molecule has 0 aromatic carbocycles. The van der Waals surface area contributed by atoms with E-state index in [4.69, 9.17) is 194 Å². The molecule has 27 atom stereocenters. The number of nitrogens with one attached hydrogen (secondary N) is 3. The molecule has 11 unspecified atom stereocenters. The Morgan fingerprint density at radius 1 is 0.417 bits per heavy atom. The lowest BCUT2D eigenvalue weighted by Gasteiger charge is -2.37. The van der Waals surface area contributed by atoms with E-state index in [1.807, 2.05) is 0 Å². The number of H-pyrrole nitrogens is 3. The van der Waals surface area contributed by atoms with Gasteiger partial charge in [0.05, 0.1) is 130 Å². The van der Waals surface area contributed by atoms with E-state index in [9.17, 15) is 34.0 Å². The minimum Gasteiger partial charge on any atom is -0.780 e. The Labute approximate surface area is 831 Å². The van der Waals surface area contributed by atoms with Crippen molar-refractivity contribution in [3.8, 4) is 0 Å². The number of ether oxygens (including phenoxy) is 14. The average molecular weight is 2200 g/mol. The molecule has 0 saturated carbocycles. The number of aliphatic hydroxyl groups excluding tert-OH is 1. The van der Waals surface area contributed by atoms with Gasteiger partial charge < -0.3 is 183 Å². The molecule has 16 rings (SSSR count). The van der Waals surface area contributed by atoms with Crippen LogP contribution in [0.3, 0.4) is 0 Å². The second kappa shape index (κ2) is 45.7. The van der Waals surface area contributed by atoms with Gasteiger partial charge in [-0.3, -0.25) is 65.9 Å². The fourth-order valence-corrected chi connectivity index (χ4v) is 23.4. The number of nitrogens with two attached hydrogens (primary N) is 6. The first-order valence-corrected chi connectivity index (χ1v) is 55.3. The molecule has 6 aliphatic heterocycles. The van der Waals surface area contributed by atoms with Crippen LogP contribution in [-0.2, 0) is 168 Å². The van der Waals surface area contributed by atoms with Crippen molar-refractivity contribution >= 4 is 162 Å². The van der Waals surface area contributed by atoms with Gasteiger partial charge in [-0.15, -0.1) is 0 Å². The molecular formula is C73H98N26O36P5S4-5. The number of phosphoric ester groups is 1. The molecule has 10 aromatic heterocycles. The minimum atomic E-state index is -6.12. The number of hydrogen-bond donors (Lipinski definition) is 10. The lowest BCUT2D eigenvalue weighted by atomic mass is 10.1. The van der Waals surface area contributed by atoms with Crippen LogP contribution in [0.5, 0.6) is 0 Å². The van der Waals surface area contributed by atoms with E-state index in [0.717, 1.165) is 28.1 Å². The van der Waals surface area contributed by atoms with Crippen LogP contribution in [0.4, 0.5) is 35.3 Å². The van der Waals surface area contributed by atoms with Gasteiger partial charge in [0, 0.05) is 64.8 Å². The zero-order valence-electron chi connectivity index (χ0n) is 76.7. The van der Waals surface area contributed by atoms with E-state index >= 15 is 23.8 Å². The van der Waals surface area contributed by atoms with E-state index in [1.54, 1.807) is 20.8 Å². The van der Waals surface area contributed by atoms with E-state index < -0.39 is 249 Å². The predicted octanol–water partition coefficient (Wildman–Crippen LogP) is -4.20. The molecule has 16 heterocycles. The highest BCUT2D eigenvalue weighted by Gasteiger charge is 2.56. The molecule has 6 saturated heterocycles. The fraction of sp³-hybridized carbons (Fsp3) is 0.616. The maximum atomic E-state index is 15.7. The number of aryl methyl sites for hydroxylation is 2. The molecule has 0 bridgehead atoms. The van der Waals surface area contributed by atoms with Crippen molar-refractivity contribution in [1.82, 2.24) is 97.2 Å². The van der Waals surface area contributed by atoms with Crippen molar-refractivity contribution in [3.63, 3.8) is 0 Å². The number of aromatic amines is 3. The molecule has 144 heavy (non-hydrogen) atoms. The first-order valence-electron chi connectivity index (χ1n) is 43.6. The first-order chi connectivity index (χ1) is 68.6. The molecule has 6 fully saturated rings. The second-order valence-corrected chi connectivity index (χ2v) is 45.0. The number of methoxy groups -OCH3 is 4. The third-order valence-electron chi connectivity index (χ3n) is 23.4. The van der Waals surface area contributed by atoms with E-state index in [1.165, 1.54) is 71.8 Å². The number of nitrogens with zero attached hydrogens (tertiary/aromatic N) is 17. The molecule has 62 nitrogen and oxygen atoms in total. The summed E-state index contributed by atoms with van der Waals surface area (Å²) in [5, 5.41) is 11.9. The third kappa shape index (κ3) is 24.4. The Morgan fingerprint density at radius 3 is 1.20 bits per heavy atom. The van der Waals surface area contributed by atoms with Crippen molar-refractivity contribution in [2.45, 2.75) is 175 Å². The smallest absolute Gasteiger partial charge is 0.351 e. The highest BCUT2D eigenvalue weighted by molar-refractivity contribution is 8.32. The van der Waals surface area contributed by atoms with Crippen molar-refractivity contribution in [3.05, 3.63) is 107 Å². The average Bonchev–Trinajstić information content (AvgIpc) is 1.62. The monoisotopic (exact) mass is 2200 g/mol. The number of rotatable bonds is 48. The lowest BCUT2D eigenvalue weighted by molar-refractivity contribution is -0.237. The zero-order chi connectivity index (χ0) is 103. The van der Waals surface area contributed by atoms with Gasteiger partial charge in [0.25, 0.3) is 24.5 Å². The Morgan fingerprint density at radius 2 is 0.771 bits per heavy atom. The van der Waals surface area contributed by atoms with Crippen LogP contribution in [-0.4, -0.2) is 314 Å². The summed E-state index contributed by atoms with van der Waals surface area (Å²) in [5.41, 5.74) is 31.7. The summed E-state index contributed by atoms with van der Waals surface area (Å²) in [7, 11) is -0.728. The number of fused-ring (bicyclic) bond motifs is 4. The summed E-state index contributed by atoms with van der Waals surface area (Å²) in [4.78, 5) is 180. The summed E-state index contributed by atoms with van der Waals surface area (Å²) < 4.78 is 183. The molecule has 71 heteroatoms. The second-order valence-electron chi connectivity index (χ2n) is 32.8. The predicted molar refractivity (Wildman–Crippen MR) is 498 cm³/mol. The van der Waals surface area contributed by atoms with Crippen LogP contribution >= 0.6 is 34.8 Å². The Hall–Kier alpha value is -8.24. The number of imidazole rings is 4. The molecule has 0 aliphatic carbocycles. The Bertz CT molecular complexity index is 6850. The number of nitrogen functional groups attached to an aromatic ring is 6. The first kappa shape index (κ1) is 108.